The summed E-state index contributed by atoms with van der Waals surface area (Å²) < 4.78 is 44.9. The number of ether oxygens (including phenoxy) is 1. The van der Waals surface area contributed by atoms with Crippen LogP contribution in [0.5, 0.6) is 0 Å². The lowest BCUT2D eigenvalue weighted by Gasteiger charge is -2.36. The van der Waals surface area contributed by atoms with E-state index in [4.69, 9.17) is 15.0 Å². The summed E-state index contributed by atoms with van der Waals surface area (Å²) in [5.74, 6) is 0.0612. The van der Waals surface area contributed by atoms with Crippen LogP contribution in [-0.2, 0) is 28.0 Å². The highest BCUT2D eigenvalue weighted by molar-refractivity contribution is 7.11. The van der Waals surface area contributed by atoms with Gasteiger partial charge in [0.25, 0.3) is 0 Å². The summed E-state index contributed by atoms with van der Waals surface area (Å²) in [4.78, 5) is 11.2. The van der Waals surface area contributed by atoms with Crippen molar-refractivity contribution in [3.63, 3.8) is 0 Å². The van der Waals surface area contributed by atoms with Crippen molar-refractivity contribution < 1.29 is 27.9 Å². The molecule has 0 bridgehead atoms. The number of nitrogens with one attached hydrogen (secondary N) is 1. The largest absolute Gasteiger partial charge is 0.416 e. The first-order valence-corrected chi connectivity index (χ1v) is 13.2. The van der Waals surface area contributed by atoms with Crippen LogP contribution in [0.4, 0.5) is 13.2 Å². The van der Waals surface area contributed by atoms with Gasteiger partial charge in [0.2, 0.25) is 0 Å². The molecule has 1 saturated carbocycles. The lowest BCUT2D eigenvalue weighted by molar-refractivity contribution is -0.181. The molecule has 1 aromatic heterocycles. The topological polar surface area (TPSA) is 78.7 Å². The lowest BCUT2D eigenvalue weighted by Crippen LogP contribution is -2.37. The maximum absolute atomic E-state index is 13.3. The van der Waals surface area contributed by atoms with Crippen LogP contribution in [0.15, 0.2) is 30.5 Å². The molecule has 3 atom stereocenters. The number of hydrogen-bond donors (Lipinski definition) is 2. The maximum atomic E-state index is 13.3. The lowest BCUT2D eigenvalue weighted by atomic mass is 9.75. The summed E-state index contributed by atoms with van der Waals surface area (Å²) in [6.45, 7) is 4.30. The zero-order valence-electron chi connectivity index (χ0n) is 20.8. The number of aromatic nitrogens is 1. The third-order valence-electron chi connectivity index (χ3n) is 7.30. The van der Waals surface area contributed by atoms with E-state index in [9.17, 15) is 18.3 Å². The Morgan fingerprint density at radius 1 is 1.36 bits per heavy atom. The summed E-state index contributed by atoms with van der Waals surface area (Å²) in [6, 6.07) is 4.98. The quantitative estimate of drug-likeness (QED) is 0.398. The van der Waals surface area contributed by atoms with Crippen LogP contribution in [0, 0.1) is 11.3 Å². The average Bonchev–Trinajstić information content (AvgIpc) is 3.46. The number of thiazole rings is 1. The molecule has 1 saturated heterocycles. The third-order valence-corrected chi connectivity index (χ3v) is 8.46. The van der Waals surface area contributed by atoms with Crippen molar-refractivity contribution >= 4 is 17.0 Å². The van der Waals surface area contributed by atoms with Gasteiger partial charge in [-0.05, 0) is 69.6 Å². The van der Waals surface area contributed by atoms with Gasteiger partial charge in [-0.3, -0.25) is 4.84 Å². The first-order valence-electron chi connectivity index (χ1n) is 12.4. The fraction of sp³-hybridized carbons (Fsp3) is 0.615. The van der Waals surface area contributed by atoms with E-state index in [1.807, 2.05) is 13.8 Å². The fourth-order valence-electron chi connectivity index (χ4n) is 5.34. The Labute approximate surface area is 213 Å². The predicted molar refractivity (Wildman–Crippen MR) is 132 cm³/mol. The minimum Gasteiger partial charge on any atom is -0.384 e. The number of aliphatic hydroxyl groups is 1. The van der Waals surface area contributed by atoms with E-state index in [-0.39, 0.29) is 24.1 Å². The first-order chi connectivity index (χ1) is 17.0. The van der Waals surface area contributed by atoms with E-state index < -0.39 is 17.3 Å². The molecule has 1 aliphatic carbocycles. The van der Waals surface area contributed by atoms with Gasteiger partial charge < -0.3 is 15.3 Å². The van der Waals surface area contributed by atoms with Crippen molar-refractivity contribution in [2.24, 2.45) is 5.92 Å². The third kappa shape index (κ3) is 5.99. The molecule has 2 fully saturated rings. The van der Waals surface area contributed by atoms with Crippen LogP contribution in [0.1, 0.15) is 79.4 Å². The standard InChI is InChI=1S/C26H34F3N3O3S/c1-16(32-22(12-17(2)35-32)19-5-4-6-20(13-19)26(27,28)29)11-21(30)18-7-9-25(33,10-8-18)23-14-31-24(36-23)15-34-3/h4-6,13-14,16-18,22,30,33H,7-12,15H2,1-3H3/t16-,17?,18?,22?,25?/m1/s1. The molecule has 2 heterocycles. The Balaban J connectivity index is 1.38. The summed E-state index contributed by atoms with van der Waals surface area (Å²) in [7, 11) is 1.61. The molecule has 0 radical (unpaired) electrons. The van der Waals surface area contributed by atoms with Gasteiger partial charge >= 0.3 is 6.18 Å². The van der Waals surface area contributed by atoms with Gasteiger partial charge in [-0.2, -0.15) is 18.2 Å². The van der Waals surface area contributed by atoms with Crippen molar-refractivity contribution in [1.29, 1.82) is 5.41 Å². The second-order valence-corrected chi connectivity index (χ2v) is 11.2. The predicted octanol–water partition coefficient (Wildman–Crippen LogP) is 6.25. The SMILES string of the molecule is COCc1ncc(C2(O)CCC(C(=N)C[C@@H](C)N3OC(C)CC3c3cccc(C(F)(F)F)c3)CC2)s1. The Morgan fingerprint density at radius 2 is 2.08 bits per heavy atom. The molecule has 10 heteroatoms. The molecule has 0 amide bonds. The Bertz CT molecular complexity index is 1050. The van der Waals surface area contributed by atoms with Crippen molar-refractivity contribution in [2.45, 2.75) is 88.9 Å². The number of hydrogen-bond acceptors (Lipinski definition) is 7. The summed E-state index contributed by atoms with van der Waals surface area (Å²) in [6.07, 6.45) is 0.800. The zero-order valence-corrected chi connectivity index (χ0v) is 21.7. The first kappa shape index (κ1) is 27.2. The van der Waals surface area contributed by atoms with Gasteiger partial charge in [-0.25, -0.2) is 4.98 Å². The van der Waals surface area contributed by atoms with Crippen LogP contribution in [0.2, 0.25) is 0 Å². The highest BCUT2D eigenvalue weighted by atomic mass is 32.1. The molecule has 198 valence electrons. The molecule has 36 heavy (non-hydrogen) atoms. The maximum Gasteiger partial charge on any atom is 0.416 e. The Morgan fingerprint density at radius 3 is 2.75 bits per heavy atom. The molecule has 6 nitrogen and oxygen atoms in total. The van der Waals surface area contributed by atoms with E-state index in [0.717, 1.165) is 16.0 Å². The molecule has 0 spiro atoms. The minimum atomic E-state index is -4.40. The summed E-state index contributed by atoms with van der Waals surface area (Å²) >= 11 is 1.47. The summed E-state index contributed by atoms with van der Waals surface area (Å²) in [5, 5.41) is 22.6. The van der Waals surface area contributed by atoms with Gasteiger partial charge in [-0.15, -0.1) is 11.3 Å². The van der Waals surface area contributed by atoms with Crippen molar-refractivity contribution in [1.82, 2.24) is 10.0 Å². The minimum absolute atomic E-state index is 0.0612. The molecule has 4 rings (SSSR count). The van der Waals surface area contributed by atoms with Crippen LogP contribution in [-0.4, -0.2) is 40.1 Å². The van der Waals surface area contributed by atoms with Gasteiger partial charge in [-0.1, -0.05) is 12.1 Å². The van der Waals surface area contributed by atoms with Gasteiger partial charge in [0.05, 0.1) is 29.2 Å². The zero-order chi connectivity index (χ0) is 26.1. The number of rotatable bonds is 8. The Hall–Kier alpha value is -1.85. The monoisotopic (exact) mass is 525 g/mol. The molecular formula is C26H34F3N3O3S. The van der Waals surface area contributed by atoms with Crippen LogP contribution < -0.4 is 0 Å². The van der Waals surface area contributed by atoms with Crippen LogP contribution in [0.25, 0.3) is 0 Å². The normalized spacial score (nSPS) is 28.4. The molecule has 2 aromatic rings. The molecular weight excluding hydrogens is 491 g/mol. The molecule has 1 aliphatic heterocycles. The number of methoxy groups -OCH3 is 1. The highest BCUT2D eigenvalue weighted by Crippen LogP contribution is 2.43. The molecule has 1 aromatic carbocycles. The van der Waals surface area contributed by atoms with Gasteiger partial charge in [0, 0.05) is 31.5 Å². The second kappa shape index (κ2) is 10.9. The van der Waals surface area contributed by atoms with E-state index in [1.165, 1.54) is 23.5 Å². The highest BCUT2D eigenvalue weighted by Gasteiger charge is 2.40. The number of hydroxylamine groups is 2. The number of benzene rings is 1. The summed E-state index contributed by atoms with van der Waals surface area (Å²) in [5.41, 5.74) is -0.411. The number of alkyl halides is 3. The van der Waals surface area contributed by atoms with Crippen molar-refractivity contribution in [2.75, 3.05) is 7.11 Å². The van der Waals surface area contributed by atoms with E-state index >= 15 is 0 Å². The average molecular weight is 526 g/mol. The van der Waals surface area contributed by atoms with Crippen molar-refractivity contribution in [3.8, 4) is 0 Å². The molecule has 2 unspecified atom stereocenters. The van der Waals surface area contributed by atoms with Crippen molar-refractivity contribution in [3.05, 3.63) is 51.5 Å². The Kier molecular flexibility index (Phi) is 8.21. The number of nitrogens with zero attached hydrogens (tertiary/aromatic N) is 2. The molecule has 2 N–H and O–H groups in total. The van der Waals surface area contributed by atoms with E-state index in [2.05, 4.69) is 4.98 Å². The smallest absolute Gasteiger partial charge is 0.384 e. The second-order valence-electron chi connectivity index (χ2n) is 10.1. The molecule has 2 aliphatic rings. The fourth-order valence-corrected chi connectivity index (χ4v) is 6.38. The van der Waals surface area contributed by atoms with Gasteiger partial charge in [0.1, 0.15) is 10.6 Å². The van der Waals surface area contributed by atoms with E-state index in [0.29, 0.717) is 56.4 Å². The van der Waals surface area contributed by atoms with Gasteiger partial charge in [0.15, 0.2) is 0 Å². The van der Waals surface area contributed by atoms with E-state index in [1.54, 1.807) is 24.4 Å². The van der Waals surface area contributed by atoms with Crippen LogP contribution in [0.3, 0.4) is 0 Å². The number of halogens is 3. The van der Waals surface area contributed by atoms with Crippen LogP contribution >= 0.6 is 11.3 Å².